The van der Waals surface area contributed by atoms with Gasteiger partial charge in [-0.25, -0.2) is 13.4 Å². The third-order valence-electron chi connectivity index (χ3n) is 4.71. The van der Waals surface area contributed by atoms with Crippen LogP contribution in [0, 0.1) is 0 Å². The number of hydrogen-bond acceptors (Lipinski definition) is 5. The molecule has 0 fully saturated rings. The number of sulfonamides is 1. The molecule has 0 saturated carbocycles. The van der Waals surface area contributed by atoms with Crippen LogP contribution in [0.3, 0.4) is 0 Å². The number of fused-ring (bicyclic) bond motifs is 1. The van der Waals surface area contributed by atoms with Crippen LogP contribution in [0.4, 0.5) is 10.8 Å². The maximum Gasteiger partial charge on any atom is 0.264 e. The van der Waals surface area contributed by atoms with E-state index < -0.39 is 10.0 Å². The SMILES string of the molecule is CN(c1ccccc1)S(=O)(=O)c1ccc(C(=O)Nc2nc3c(s2)CCC3)cc1. The number of para-hydroxylation sites is 1. The molecule has 0 radical (unpaired) electrons. The Labute approximate surface area is 167 Å². The van der Waals surface area contributed by atoms with Gasteiger partial charge in [0.1, 0.15) is 0 Å². The van der Waals surface area contributed by atoms with Gasteiger partial charge in [0.25, 0.3) is 15.9 Å². The number of carbonyl (C=O) groups excluding carboxylic acids is 1. The number of carbonyl (C=O) groups is 1. The second kappa shape index (κ2) is 7.37. The van der Waals surface area contributed by atoms with E-state index in [0.29, 0.717) is 16.4 Å². The number of nitrogens with one attached hydrogen (secondary N) is 1. The Morgan fingerprint density at radius 2 is 1.79 bits per heavy atom. The number of nitrogens with zero attached hydrogens (tertiary/aromatic N) is 2. The van der Waals surface area contributed by atoms with Gasteiger partial charge < -0.3 is 0 Å². The Morgan fingerprint density at radius 3 is 2.46 bits per heavy atom. The van der Waals surface area contributed by atoms with Crippen molar-refractivity contribution in [3.63, 3.8) is 0 Å². The van der Waals surface area contributed by atoms with Crippen LogP contribution in [-0.4, -0.2) is 26.4 Å². The summed E-state index contributed by atoms with van der Waals surface area (Å²) < 4.78 is 26.8. The lowest BCUT2D eigenvalue weighted by Gasteiger charge is -2.19. The van der Waals surface area contributed by atoms with Gasteiger partial charge in [0, 0.05) is 17.5 Å². The second-order valence-electron chi connectivity index (χ2n) is 6.53. The second-order valence-corrected chi connectivity index (χ2v) is 9.58. The molecule has 8 heteroatoms. The fourth-order valence-corrected chi connectivity index (χ4v) is 5.37. The van der Waals surface area contributed by atoms with E-state index in [1.807, 2.05) is 6.07 Å². The fourth-order valence-electron chi connectivity index (χ4n) is 3.13. The molecule has 1 heterocycles. The number of amides is 1. The molecule has 4 rings (SSSR count). The smallest absolute Gasteiger partial charge is 0.264 e. The minimum Gasteiger partial charge on any atom is -0.298 e. The number of thiazole rings is 1. The van der Waals surface area contributed by atoms with E-state index in [4.69, 9.17) is 0 Å². The highest BCUT2D eigenvalue weighted by molar-refractivity contribution is 7.92. The number of aryl methyl sites for hydroxylation is 2. The highest BCUT2D eigenvalue weighted by Gasteiger charge is 2.22. The fraction of sp³-hybridized carbons (Fsp3) is 0.200. The van der Waals surface area contributed by atoms with E-state index in [0.717, 1.165) is 25.0 Å². The van der Waals surface area contributed by atoms with Crippen LogP contribution >= 0.6 is 11.3 Å². The summed E-state index contributed by atoms with van der Waals surface area (Å²) in [5.41, 5.74) is 2.03. The zero-order chi connectivity index (χ0) is 19.7. The average molecular weight is 414 g/mol. The van der Waals surface area contributed by atoms with Crippen LogP contribution in [0.5, 0.6) is 0 Å². The van der Waals surface area contributed by atoms with Crippen molar-refractivity contribution in [1.82, 2.24) is 4.98 Å². The lowest BCUT2D eigenvalue weighted by atomic mass is 10.2. The first kappa shape index (κ1) is 18.6. The van der Waals surface area contributed by atoms with Gasteiger partial charge in [0.15, 0.2) is 5.13 Å². The van der Waals surface area contributed by atoms with Crippen molar-refractivity contribution in [2.75, 3.05) is 16.7 Å². The van der Waals surface area contributed by atoms with E-state index in [2.05, 4.69) is 10.3 Å². The number of hydrogen-bond donors (Lipinski definition) is 1. The number of rotatable bonds is 5. The quantitative estimate of drug-likeness (QED) is 0.692. The van der Waals surface area contributed by atoms with Crippen LogP contribution in [0.15, 0.2) is 59.5 Å². The van der Waals surface area contributed by atoms with Crippen molar-refractivity contribution in [2.45, 2.75) is 24.2 Å². The summed E-state index contributed by atoms with van der Waals surface area (Å²) in [6, 6.07) is 14.8. The monoisotopic (exact) mass is 413 g/mol. The molecule has 0 bridgehead atoms. The molecule has 0 atom stereocenters. The first-order valence-electron chi connectivity index (χ1n) is 8.89. The van der Waals surface area contributed by atoms with Gasteiger partial charge >= 0.3 is 0 Å². The van der Waals surface area contributed by atoms with Crippen molar-refractivity contribution in [3.8, 4) is 0 Å². The molecule has 1 aliphatic rings. The molecule has 28 heavy (non-hydrogen) atoms. The molecule has 3 aromatic rings. The van der Waals surface area contributed by atoms with E-state index in [-0.39, 0.29) is 10.8 Å². The lowest BCUT2D eigenvalue weighted by molar-refractivity contribution is 0.102. The van der Waals surface area contributed by atoms with Crippen molar-refractivity contribution in [1.29, 1.82) is 0 Å². The van der Waals surface area contributed by atoms with Gasteiger partial charge in [0.2, 0.25) is 0 Å². The maximum absolute atomic E-state index is 12.8. The van der Waals surface area contributed by atoms with E-state index in [9.17, 15) is 13.2 Å². The van der Waals surface area contributed by atoms with Crippen LogP contribution in [0.2, 0.25) is 0 Å². The predicted octanol–water partition coefficient (Wildman–Crippen LogP) is 3.71. The van der Waals surface area contributed by atoms with E-state index in [1.165, 1.54) is 51.8 Å². The third-order valence-corrected chi connectivity index (χ3v) is 7.58. The molecule has 0 aliphatic heterocycles. The van der Waals surface area contributed by atoms with Gasteiger partial charge in [0.05, 0.1) is 16.3 Å². The minimum atomic E-state index is -3.70. The lowest BCUT2D eigenvalue weighted by Crippen LogP contribution is -2.26. The molecular weight excluding hydrogens is 394 g/mol. The highest BCUT2D eigenvalue weighted by atomic mass is 32.2. The van der Waals surface area contributed by atoms with Crippen LogP contribution in [0.25, 0.3) is 0 Å². The average Bonchev–Trinajstić information content (AvgIpc) is 3.30. The molecule has 0 spiro atoms. The first-order valence-corrected chi connectivity index (χ1v) is 11.1. The standard InChI is InChI=1S/C20H19N3O3S2/c1-23(15-6-3-2-4-7-15)28(25,26)16-12-10-14(11-13-16)19(24)22-20-21-17-8-5-9-18(17)27-20/h2-4,6-7,10-13H,5,8-9H2,1H3,(H,21,22,24). The first-order chi connectivity index (χ1) is 13.4. The summed E-state index contributed by atoms with van der Waals surface area (Å²) >= 11 is 1.51. The van der Waals surface area contributed by atoms with Crippen LogP contribution in [0.1, 0.15) is 27.3 Å². The van der Waals surface area contributed by atoms with Crippen molar-refractivity contribution in [3.05, 3.63) is 70.7 Å². The van der Waals surface area contributed by atoms with Crippen LogP contribution < -0.4 is 9.62 Å². The largest absolute Gasteiger partial charge is 0.298 e. The van der Waals surface area contributed by atoms with E-state index in [1.54, 1.807) is 24.3 Å². The summed E-state index contributed by atoms with van der Waals surface area (Å²) in [6.07, 6.45) is 3.10. The topological polar surface area (TPSA) is 79.4 Å². The molecule has 144 valence electrons. The Bertz CT molecular complexity index is 1090. The molecule has 1 amide bonds. The zero-order valence-corrected chi connectivity index (χ0v) is 16.9. The zero-order valence-electron chi connectivity index (χ0n) is 15.3. The molecule has 1 aromatic heterocycles. The van der Waals surface area contributed by atoms with Gasteiger partial charge in [-0.2, -0.15) is 0 Å². The number of benzene rings is 2. The molecular formula is C20H19N3O3S2. The van der Waals surface area contributed by atoms with Crippen molar-refractivity contribution in [2.24, 2.45) is 0 Å². The Hall–Kier alpha value is -2.71. The normalized spacial score (nSPS) is 13.2. The van der Waals surface area contributed by atoms with Gasteiger partial charge in [-0.05, 0) is 55.7 Å². The minimum absolute atomic E-state index is 0.128. The van der Waals surface area contributed by atoms with E-state index >= 15 is 0 Å². The third kappa shape index (κ3) is 3.53. The molecule has 6 nitrogen and oxygen atoms in total. The number of aromatic nitrogens is 1. The van der Waals surface area contributed by atoms with Crippen LogP contribution in [-0.2, 0) is 22.9 Å². The summed E-state index contributed by atoms with van der Waals surface area (Å²) in [5.74, 6) is -0.298. The van der Waals surface area contributed by atoms with Gasteiger partial charge in [-0.3, -0.25) is 14.4 Å². The van der Waals surface area contributed by atoms with Gasteiger partial charge in [-0.1, -0.05) is 18.2 Å². The Balaban J connectivity index is 1.50. The Kier molecular flexibility index (Phi) is 4.91. The predicted molar refractivity (Wildman–Crippen MR) is 111 cm³/mol. The summed E-state index contributed by atoms with van der Waals surface area (Å²) in [6.45, 7) is 0. The molecule has 0 unspecified atom stereocenters. The molecule has 1 aliphatic carbocycles. The van der Waals surface area contributed by atoms with Gasteiger partial charge in [-0.15, -0.1) is 11.3 Å². The van der Waals surface area contributed by atoms with Crippen molar-refractivity contribution < 1.29 is 13.2 Å². The highest BCUT2D eigenvalue weighted by Crippen LogP contribution is 2.30. The summed E-state index contributed by atoms with van der Waals surface area (Å²) in [5, 5.41) is 3.40. The molecule has 1 N–H and O–H groups in total. The Morgan fingerprint density at radius 1 is 1.07 bits per heavy atom. The maximum atomic E-state index is 12.8. The molecule has 2 aromatic carbocycles. The summed E-state index contributed by atoms with van der Waals surface area (Å²) in [7, 11) is -2.19. The molecule has 0 saturated heterocycles. The van der Waals surface area contributed by atoms with Crippen molar-refractivity contribution >= 4 is 38.1 Å². The number of anilines is 2. The summed E-state index contributed by atoms with van der Waals surface area (Å²) in [4.78, 5) is 18.3.